The van der Waals surface area contributed by atoms with Gasteiger partial charge in [0.25, 0.3) is 0 Å². The van der Waals surface area contributed by atoms with Gasteiger partial charge in [0.15, 0.2) is 9.84 Å². The third-order valence-corrected chi connectivity index (χ3v) is 8.19. The fourth-order valence-corrected chi connectivity index (χ4v) is 4.04. The van der Waals surface area contributed by atoms with E-state index in [1.165, 1.54) is 47.7 Å². The summed E-state index contributed by atoms with van der Waals surface area (Å²) in [5.74, 6) is -1.44. The first kappa shape index (κ1) is 15.0. The largest absolute Gasteiger partial charge is 0.290 e. The lowest BCUT2D eigenvalue weighted by Crippen LogP contribution is -2.35. The van der Waals surface area contributed by atoms with Crippen molar-refractivity contribution < 1.29 is 17.6 Å². The maximum Gasteiger partial charge on any atom is 0.239 e. The lowest BCUT2D eigenvalue weighted by molar-refractivity contribution is 0.101. The zero-order valence-electron chi connectivity index (χ0n) is 8.78. The third kappa shape index (κ3) is 3.05. The van der Waals surface area contributed by atoms with E-state index in [1.54, 1.807) is 0 Å². The second kappa shape index (κ2) is 5.31. The summed E-state index contributed by atoms with van der Waals surface area (Å²) >= 11 is 4.43. The highest BCUT2D eigenvalue weighted by Crippen LogP contribution is 2.37. The van der Waals surface area contributed by atoms with Crippen molar-refractivity contribution in [1.82, 2.24) is 0 Å². The predicted molar refractivity (Wildman–Crippen MR) is 75.9 cm³/mol. The number of hydrogen-bond donors (Lipinski definition) is 0. The second-order valence-electron chi connectivity index (χ2n) is 3.26. The fraction of sp³-hybridized carbons (Fsp3) is 0.300. The van der Waals surface area contributed by atoms with E-state index in [9.17, 15) is 17.6 Å². The molecule has 0 spiro atoms. The number of carbonyl (C=O) groups excluding carboxylic acids is 1. The molecule has 0 aliphatic carbocycles. The van der Waals surface area contributed by atoms with Crippen molar-refractivity contribution in [2.24, 2.45) is 0 Å². The van der Waals surface area contributed by atoms with Crippen molar-refractivity contribution in [2.45, 2.75) is 8.59 Å². The van der Waals surface area contributed by atoms with E-state index in [0.717, 1.165) is 6.07 Å². The minimum absolute atomic E-state index is 0.0216. The van der Waals surface area contributed by atoms with E-state index in [4.69, 9.17) is 0 Å². The molecular weight excluding hydrogens is 426 g/mol. The summed E-state index contributed by atoms with van der Waals surface area (Å²) in [6.45, 7) is 1.45. The maximum atomic E-state index is 13.0. The van der Waals surface area contributed by atoms with Crippen LogP contribution in [0.4, 0.5) is 4.39 Å². The first-order valence-electron chi connectivity index (χ1n) is 4.63. The molecule has 0 bridgehead atoms. The van der Waals surface area contributed by atoms with Crippen molar-refractivity contribution in [1.29, 1.82) is 0 Å². The van der Waals surface area contributed by atoms with Gasteiger partial charge in [-0.3, -0.25) is 4.79 Å². The van der Waals surface area contributed by atoms with Crippen molar-refractivity contribution in [3.05, 3.63) is 35.6 Å². The van der Waals surface area contributed by atoms with Crippen LogP contribution in [0.1, 0.15) is 17.3 Å². The zero-order chi connectivity index (χ0) is 13.3. The molecule has 0 radical (unpaired) electrons. The molecule has 0 saturated heterocycles. The Labute approximate surface area is 121 Å². The minimum atomic E-state index is -3.63. The highest BCUT2D eigenvalue weighted by Gasteiger charge is 2.45. The normalized spacial score (nSPS) is 15.3. The Morgan fingerprint density at radius 1 is 1.53 bits per heavy atom. The fourth-order valence-electron chi connectivity index (χ4n) is 1.12. The summed E-state index contributed by atoms with van der Waals surface area (Å²) < 4.78 is 34.7. The quantitative estimate of drug-likeness (QED) is 0.416. The van der Waals surface area contributed by atoms with Crippen molar-refractivity contribution in [3.63, 3.8) is 0 Å². The predicted octanol–water partition coefficient (Wildman–Crippen LogP) is 2.93. The smallest absolute Gasteiger partial charge is 0.239 e. The molecule has 3 nitrogen and oxygen atoms in total. The molecule has 1 atom stereocenters. The molecule has 0 saturated carbocycles. The molecule has 1 aromatic rings. The van der Waals surface area contributed by atoms with E-state index in [0.29, 0.717) is 0 Å². The second-order valence-corrected chi connectivity index (χ2v) is 11.2. The molecule has 94 valence electrons. The molecule has 0 N–H and O–H groups in total. The maximum absolute atomic E-state index is 13.0. The Balaban J connectivity index is 3.23. The van der Waals surface area contributed by atoms with Gasteiger partial charge in [0.05, 0.1) is 5.75 Å². The van der Waals surface area contributed by atoms with Crippen LogP contribution in [-0.4, -0.2) is 21.6 Å². The Morgan fingerprint density at radius 3 is 2.59 bits per heavy atom. The van der Waals surface area contributed by atoms with Crippen LogP contribution < -0.4 is 0 Å². The standard InChI is InChI=1S/C10H9BrFIO3S/c1-2-17(15,16)10(11,13)9(14)7-4-3-5-8(12)6-7/h3-6H,2H2,1H3/t10-/m1/s1. The molecule has 0 fully saturated rings. The summed E-state index contributed by atoms with van der Waals surface area (Å²) in [4.78, 5) is 12.0. The van der Waals surface area contributed by atoms with Crippen LogP contribution in [0.5, 0.6) is 0 Å². The van der Waals surface area contributed by atoms with Crippen LogP contribution >= 0.6 is 38.5 Å². The third-order valence-electron chi connectivity index (χ3n) is 2.12. The molecule has 0 unspecified atom stereocenters. The van der Waals surface area contributed by atoms with Gasteiger partial charge in [0.2, 0.25) is 7.45 Å². The number of rotatable bonds is 4. The lowest BCUT2D eigenvalue weighted by atomic mass is 10.1. The van der Waals surface area contributed by atoms with Crippen molar-refractivity contribution >= 4 is 54.1 Å². The van der Waals surface area contributed by atoms with Gasteiger partial charge < -0.3 is 0 Å². The molecule has 1 rings (SSSR count). The molecule has 17 heavy (non-hydrogen) atoms. The van der Waals surface area contributed by atoms with Crippen LogP contribution in [0.2, 0.25) is 0 Å². The van der Waals surface area contributed by atoms with Gasteiger partial charge in [0, 0.05) is 5.56 Å². The molecule has 0 aliphatic rings. The van der Waals surface area contributed by atoms with Crippen LogP contribution in [0.15, 0.2) is 24.3 Å². The van der Waals surface area contributed by atoms with E-state index in [-0.39, 0.29) is 11.3 Å². The van der Waals surface area contributed by atoms with E-state index in [1.807, 2.05) is 0 Å². The number of sulfone groups is 1. The van der Waals surface area contributed by atoms with E-state index in [2.05, 4.69) is 15.9 Å². The lowest BCUT2D eigenvalue weighted by Gasteiger charge is -2.18. The Kier molecular flexibility index (Phi) is 4.70. The summed E-state index contributed by atoms with van der Waals surface area (Å²) in [6.07, 6.45) is 0. The molecule has 0 aromatic heterocycles. The van der Waals surface area contributed by atoms with Gasteiger partial charge in [-0.15, -0.1) is 0 Å². The summed E-state index contributed by atoms with van der Waals surface area (Å²) in [7, 11) is -3.63. The average molecular weight is 435 g/mol. The van der Waals surface area contributed by atoms with Gasteiger partial charge >= 0.3 is 0 Å². The first-order chi connectivity index (χ1) is 7.72. The average Bonchev–Trinajstić information content (AvgIpc) is 2.27. The van der Waals surface area contributed by atoms with Gasteiger partial charge in [0.1, 0.15) is 5.82 Å². The number of halogens is 3. The summed E-state index contributed by atoms with van der Waals surface area (Å²) in [5, 5.41) is 0. The highest BCUT2D eigenvalue weighted by molar-refractivity contribution is 14.1. The molecule has 0 amide bonds. The van der Waals surface area contributed by atoms with Crippen LogP contribution in [0, 0.1) is 5.82 Å². The Bertz CT molecular complexity index is 542. The number of alkyl halides is 2. The zero-order valence-corrected chi connectivity index (χ0v) is 13.3. The van der Waals surface area contributed by atoms with E-state index >= 15 is 0 Å². The van der Waals surface area contributed by atoms with Crippen LogP contribution in [-0.2, 0) is 9.84 Å². The van der Waals surface area contributed by atoms with Gasteiger partial charge in [-0.1, -0.05) is 19.1 Å². The summed E-state index contributed by atoms with van der Waals surface area (Å²) in [6, 6.07) is 4.95. The molecular formula is C10H9BrFIO3S. The van der Waals surface area contributed by atoms with Gasteiger partial charge in [-0.2, -0.15) is 0 Å². The number of benzene rings is 1. The van der Waals surface area contributed by atoms with Gasteiger partial charge in [-0.25, -0.2) is 12.8 Å². The molecule has 1 aromatic carbocycles. The first-order valence-corrected chi connectivity index (χ1v) is 8.15. The number of carbonyl (C=O) groups is 1. The van der Waals surface area contributed by atoms with E-state index < -0.39 is 23.1 Å². The monoisotopic (exact) mass is 434 g/mol. The molecule has 0 heterocycles. The van der Waals surface area contributed by atoms with Crippen molar-refractivity contribution in [2.75, 3.05) is 5.75 Å². The summed E-state index contributed by atoms with van der Waals surface area (Å²) in [5.41, 5.74) is 0.0216. The Morgan fingerprint density at radius 2 is 2.12 bits per heavy atom. The number of hydrogen-bond acceptors (Lipinski definition) is 3. The van der Waals surface area contributed by atoms with Crippen LogP contribution in [0.3, 0.4) is 0 Å². The molecule has 0 aliphatic heterocycles. The Hall–Kier alpha value is -0.0200. The topological polar surface area (TPSA) is 51.2 Å². The van der Waals surface area contributed by atoms with Gasteiger partial charge in [-0.05, 0) is 50.7 Å². The van der Waals surface area contributed by atoms with Crippen LogP contribution in [0.25, 0.3) is 0 Å². The number of Topliss-reactive ketones (excluding diaryl/α,β-unsaturated/α-hetero) is 1. The highest BCUT2D eigenvalue weighted by atomic mass is 127. The van der Waals surface area contributed by atoms with Crippen molar-refractivity contribution in [3.8, 4) is 0 Å². The minimum Gasteiger partial charge on any atom is -0.290 e. The molecule has 7 heteroatoms. The SMILES string of the molecule is CCS(=O)(=O)[C@](Br)(I)C(=O)c1cccc(F)c1. The number of ketones is 1.